The Balaban J connectivity index is 0.00000240. The average Bonchev–Trinajstić information content (AvgIpc) is 2.80. The van der Waals surface area contributed by atoms with Crippen LogP contribution in [0.1, 0.15) is 0 Å². The quantitative estimate of drug-likeness (QED) is 0.259. The molecule has 0 atom stereocenters. The summed E-state index contributed by atoms with van der Waals surface area (Å²) in [5, 5.41) is 5.49. The van der Waals surface area contributed by atoms with Gasteiger partial charge in [-0.15, -0.1) is 17.0 Å². The van der Waals surface area contributed by atoms with Crippen molar-refractivity contribution in [2.24, 2.45) is 0 Å². The molecule has 0 fully saturated rings. The van der Waals surface area contributed by atoms with Gasteiger partial charge in [-0.25, -0.2) is 0 Å². The van der Waals surface area contributed by atoms with Crippen molar-refractivity contribution in [3.63, 3.8) is 0 Å². The standard InChI is InChI=1S/C27H25P.BrH/c1-2-23-28(24-15-7-3-8-16-24,25-17-9-4-10-18-25,26-19-11-5-12-20-26)27-21-13-6-14-22-27;/h2-22H,1,23H2;1H. The molecule has 0 heterocycles. The van der Waals surface area contributed by atoms with Gasteiger partial charge < -0.3 is 0 Å². The Bertz CT molecular complexity index is 875. The Morgan fingerprint density at radius 3 is 0.931 bits per heavy atom. The number of rotatable bonds is 6. The van der Waals surface area contributed by atoms with Crippen LogP contribution in [0.25, 0.3) is 0 Å². The minimum atomic E-state index is -2.99. The van der Waals surface area contributed by atoms with Crippen LogP contribution in [0, 0.1) is 0 Å². The van der Waals surface area contributed by atoms with Gasteiger partial charge in [0.25, 0.3) is 0 Å². The molecule has 0 saturated heterocycles. The van der Waals surface area contributed by atoms with Crippen LogP contribution in [0.15, 0.2) is 134 Å². The number of benzene rings is 4. The van der Waals surface area contributed by atoms with Gasteiger partial charge in [-0.1, -0.05) is 0 Å². The van der Waals surface area contributed by atoms with Crippen molar-refractivity contribution in [3.05, 3.63) is 134 Å². The van der Waals surface area contributed by atoms with E-state index in [-0.39, 0.29) is 17.0 Å². The Hall–Kier alpha value is -2.47. The fraction of sp³-hybridized carbons (Fsp3) is 0.0370. The fourth-order valence-electron chi connectivity index (χ4n) is 4.60. The Morgan fingerprint density at radius 1 is 0.483 bits per heavy atom. The van der Waals surface area contributed by atoms with E-state index in [0.717, 1.165) is 6.16 Å². The van der Waals surface area contributed by atoms with E-state index in [4.69, 9.17) is 0 Å². The summed E-state index contributed by atoms with van der Waals surface area (Å²) in [7, 11) is 0. The van der Waals surface area contributed by atoms with Crippen molar-refractivity contribution in [2.75, 3.05) is 6.16 Å². The van der Waals surface area contributed by atoms with Crippen molar-refractivity contribution >= 4 is 44.8 Å². The molecule has 4 aromatic carbocycles. The van der Waals surface area contributed by atoms with Gasteiger partial charge in [0.15, 0.2) is 0 Å². The van der Waals surface area contributed by atoms with E-state index in [1.165, 1.54) is 21.2 Å². The fourth-order valence-corrected chi connectivity index (χ4v) is 11.1. The van der Waals surface area contributed by atoms with Gasteiger partial charge in [0.1, 0.15) is 0 Å². The molecule has 0 radical (unpaired) electrons. The minimum absolute atomic E-state index is 0. The number of halogens is 1. The van der Waals surface area contributed by atoms with Gasteiger partial charge in [-0.2, -0.15) is 0 Å². The van der Waals surface area contributed by atoms with Crippen molar-refractivity contribution in [2.45, 2.75) is 0 Å². The predicted molar refractivity (Wildman–Crippen MR) is 137 cm³/mol. The number of hydrogen-bond donors (Lipinski definition) is 0. The van der Waals surface area contributed by atoms with Crippen LogP contribution >= 0.6 is 23.6 Å². The first-order chi connectivity index (χ1) is 13.8. The summed E-state index contributed by atoms with van der Waals surface area (Å²) in [5.74, 6) is 0. The molecule has 0 bridgehead atoms. The zero-order valence-electron chi connectivity index (χ0n) is 16.4. The van der Waals surface area contributed by atoms with Gasteiger partial charge >= 0.3 is 168 Å². The topological polar surface area (TPSA) is 0 Å². The SMILES string of the molecule is Br.C=CCP(c1ccccc1)(c1ccccc1)(c1ccccc1)c1ccccc1. The van der Waals surface area contributed by atoms with Crippen LogP contribution in [0.3, 0.4) is 0 Å². The maximum absolute atomic E-state index is 4.23. The van der Waals surface area contributed by atoms with Crippen molar-refractivity contribution < 1.29 is 0 Å². The van der Waals surface area contributed by atoms with E-state index in [1.807, 2.05) is 0 Å². The van der Waals surface area contributed by atoms with Crippen LogP contribution in [0.4, 0.5) is 0 Å². The molecule has 146 valence electrons. The molecule has 0 aliphatic carbocycles. The van der Waals surface area contributed by atoms with E-state index in [9.17, 15) is 0 Å². The second-order valence-corrected chi connectivity index (χ2v) is 12.2. The summed E-state index contributed by atoms with van der Waals surface area (Å²) in [6.45, 7) is 1.24. The van der Waals surface area contributed by atoms with Gasteiger partial charge in [0.05, 0.1) is 0 Å². The van der Waals surface area contributed by atoms with E-state index in [2.05, 4.69) is 134 Å². The maximum atomic E-state index is 4.23. The summed E-state index contributed by atoms with van der Waals surface area (Å²) in [4.78, 5) is 0. The molecular weight excluding hydrogens is 435 g/mol. The molecular formula is C27H26BrP. The molecule has 0 amide bonds. The van der Waals surface area contributed by atoms with Gasteiger partial charge in [0, 0.05) is 0 Å². The molecule has 2 heteroatoms. The Kier molecular flexibility index (Phi) is 6.52. The van der Waals surface area contributed by atoms with Crippen LogP contribution in [-0.2, 0) is 0 Å². The van der Waals surface area contributed by atoms with Gasteiger partial charge in [-0.3, -0.25) is 0 Å². The monoisotopic (exact) mass is 460 g/mol. The third kappa shape index (κ3) is 3.19. The Morgan fingerprint density at radius 2 is 0.724 bits per heavy atom. The average molecular weight is 461 g/mol. The molecule has 0 aliphatic heterocycles. The van der Waals surface area contributed by atoms with E-state index in [1.54, 1.807) is 0 Å². The van der Waals surface area contributed by atoms with Crippen molar-refractivity contribution in [1.82, 2.24) is 0 Å². The van der Waals surface area contributed by atoms with Crippen LogP contribution in [-0.4, -0.2) is 6.16 Å². The molecule has 0 saturated carbocycles. The molecule has 0 nitrogen and oxygen atoms in total. The van der Waals surface area contributed by atoms with E-state index >= 15 is 0 Å². The third-order valence-electron chi connectivity index (χ3n) is 5.80. The summed E-state index contributed by atoms with van der Waals surface area (Å²) >= 11 is 0. The van der Waals surface area contributed by atoms with E-state index in [0.29, 0.717) is 0 Å². The second-order valence-electron chi connectivity index (χ2n) is 7.12. The second kappa shape index (κ2) is 8.91. The van der Waals surface area contributed by atoms with E-state index < -0.39 is 6.60 Å². The molecule has 0 unspecified atom stereocenters. The molecule has 0 aliphatic rings. The first-order valence-corrected chi connectivity index (χ1v) is 12.1. The van der Waals surface area contributed by atoms with Crippen LogP contribution in [0.5, 0.6) is 0 Å². The number of hydrogen-bond acceptors (Lipinski definition) is 0. The summed E-state index contributed by atoms with van der Waals surface area (Å²) < 4.78 is 0. The normalized spacial score (nSPS) is 12.2. The van der Waals surface area contributed by atoms with Crippen LogP contribution in [0.2, 0.25) is 0 Å². The predicted octanol–water partition coefficient (Wildman–Crippen LogP) is 5.61. The van der Waals surface area contributed by atoms with Crippen molar-refractivity contribution in [3.8, 4) is 0 Å². The first kappa shape index (κ1) is 21.2. The molecule has 29 heavy (non-hydrogen) atoms. The molecule has 4 aromatic rings. The molecule has 4 rings (SSSR count). The molecule has 0 aromatic heterocycles. The third-order valence-corrected chi connectivity index (χ3v) is 12.5. The molecule has 0 N–H and O–H groups in total. The van der Waals surface area contributed by atoms with Crippen LogP contribution < -0.4 is 21.2 Å². The number of allylic oxidation sites excluding steroid dienone is 1. The zero-order chi connectivity index (χ0) is 19.3. The first-order valence-electron chi connectivity index (χ1n) is 9.67. The van der Waals surface area contributed by atoms with Crippen molar-refractivity contribution in [1.29, 1.82) is 0 Å². The summed E-state index contributed by atoms with van der Waals surface area (Å²) in [6, 6.07) is 44.1. The summed E-state index contributed by atoms with van der Waals surface area (Å²) in [6.07, 6.45) is 2.99. The zero-order valence-corrected chi connectivity index (χ0v) is 19.0. The summed E-state index contributed by atoms with van der Waals surface area (Å²) in [5.41, 5.74) is 0. The van der Waals surface area contributed by atoms with Gasteiger partial charge in [0.2, 0.25) is 0 Å². The van der Waals surface area contributed by atoms with Gasteiger partial charge in [-0.05, 0) is 0 Å². The Labute approximate surface area is 184 Å². The molecule has 0 spiro atoms.